The summed E-state index contributed by atoms with van der Waals surface area (Å²) < 4.78 is 25.4. The quantitative estimate of drug-likeness (QED) is 0.619. The summed E-state index contributed by atoms with van der Waals surface area (Å²) in [6.45, 7) is 5.80. The van der Waals surface area contributed by atoms with E-state index in [-0.39, 0.29) is 5.57 Å². The minimum absolute atomic E-state index is 0.173. The van der Waals surface area contributed by atoms with Gasteiger partial charge in [0.15, 0.2) is 5.71 Å². The first kappa shape index (κ1) is 14.6. The van der Waals surface area contributed by atoms with Crippen molar-refractivity contribution < 1.29 is 18.4 Å². The Morgan fingerprint density at radius 1 is 1.40 bits per heavy atom. The van der Waals surface area contributed by atoms with E-state index < -0.39 is 18.1 Å². The van der Waals surface area contributed by atoms with Crippen molar-refractivity contribution in [2.75, 3.05) is 18.0 Å². The van der Waals surface area contributed by atoms with Crippen molar-refractivity contribution in [2.24, 2.45) is 5.16 Å². The van der Waals surface area contributed by atoms with Crippen molar-refractivity contribution in [3.8, 4) is 0 Å². The summed E-state index contributed by atoms with van der Waals surface area (Å²) in [4.78, 5) is 18.6. The number of alkyl halides is 2. The molecule has 0 saturated carbocycles. The second kappa shape index (κ2) is 6.13. The zero-order valence-corrected chi connectivity index (χ0v) is 11.9. The van der Waals surface area contributed by atoms with E-state index in [0.717, 1.165) is 18.1 Å². The number of hydrogen-bond donors (Lipinski definition) is 0. The molecule has 1 aliphatic heterocycles. The Balaban J connectivity index is 2.27. The van der Waals surface area contributed by atoms with Crippen LogP contribution in [-0.2, 0) is 9.63 Å². The molecule has 0 fully saturated rings. The minimum atomic E-state index is -2.82. The van der Waals surface area contributed by atoms with E-state index in [1.807, 2.05) is 19.9 Å². The summed E-state index contributed by atoms with van der Waals surface area (Å²) >= 11 is 1.43. The number of rotatable bonds is 5. The van der Waals surface area contributed by atoms with E-state index in [0.29, 0.717) is 4.88 Å². The fraction of sp³-hybridized carbons (Fsp3) is 0.385. The third-order valence-corrected chi connectivity index (χ3v) is 4.00. The third kappa shape index (κ3) is 2.87. The molecular weight excluding hydrogens is 286 g/mol. The van der Waals surface area contributed by atoms with Gasteiger partial charge in [0.25, 0.3) is 6.43 Å². The van der Waals surface area contributed by atoms with Gasteiger partial charge in [0.2, 0.25) is 0 Å². The Hall–Kier alpha value is -1.76. The predicted octanol–water partition coefficient (Wildman–Crippen LogP) is 3.16. The first-order valence-electron chi connectivity index (χ1n) is 6.21. The van der Waals surface area contributed by atoms with E-state index in [1.54, 1.807) is 6.07 Å². The van der Waals surface area contributed by atoms with Gasteiger partial charge in [-0.1, -0.05) is 5.16 Å². The van der Waals surface area contributed by atoms with Crippen LogP contribution in [0, 0.1) is 0 Å². The molecule has 7 heteroatoms. The largest absolute Gasteiger partial charge is 0.367 e. The van der Waals surface area contributed by atoms with Crippen LogP contribution in [0.4, 0.5) is 13.8 Å². The van der Waals surface area contributed by atoms with E-state index in [9.17, 15) is 13.6 Å². The van der Waals surface area contributed by atoms with Crippen LogP contribution in [0.25, 0.3) is 6.08 Å². The standard InChI is InChI=1S/C13H14F2N2O2S/c1-3-17(4-2)10-6-5-8(20-10)7-9-11(12(14)15)16-19-13(9)18/h5-7,12H,3-4H2,1-2H3. The lowest BCUT2D eigenvalue weighted by molar-refractivity contribution is -0.136. The van der Waals surface area contributed by atoms with Crippen LogP contribution in [0.5, 0.6) is 0 Å². The van der Waals surface area contributed by atoms with Gasteiger partial charge in [-0.2, -0.15) is 0 Å². The molecule has 0 unspecified atom stereocenters. The van der Waals surface area contributed by atoms with Crippen LogP contribution in [-0.4, -0.2) is 31.2 Å². The van der Waals surface area contributed by atoms with E-state index in [4.69, 9.17) is 0 Å². The predicted molar refractivity (Wildman–Crippen MR) is 75.4 cm³/mol. The highest BCUT2D eigenvalue weighted by atomic mass is 32.1. The summed E-state index contributed by atoms with van der Waals surface area (Å²) in [5, 5.41) is 4.14. The lowest BCUT2D eigenvalue weighted by Gasteiger charge is -2.17. The highest BCUT2D eigenvalue weighted by Gasteiger charge is 2.32. The minimum Gasteiger partial charge on any atom is -0.364 e. The first-order chi connectivity index (χ1) is 9.56. The molecule has 1 aromatic heterocycles. The molecule has 0 aliphatic carbocycles. The lowest BCUT2D eigenvalue weighted by atomic mass is 10.1. The monoisotopic (exact) mass is 300 g/mol. The van der Waals surface area contributed by atoms with Crippen molar-refractivity contribution >= 4 is 34.1 Å². The van der Waals surface area contributed by atoms with Crippen LogP contribution in [0.3, 0.4) is 0 Å². The molecule has 0 aromatic carbocycles. The molecule has 0 amide bonds. The van der Waals surface area contributed by atoms with Crippen LogP contribution >= 0.6 is 11.3 Å². The van der Waals surface area contributed by atoms with Gasteiger partial charge >= 0.3 is 5.97 Å². The zero-order chi connectivity index (χ0) is 14.7. The average molecular weight is 300 g/mol. The highest BCUT2D eigenvalue weighted by molar-refractivity contribution is 7.17. The van der Waals surface area contributed by atoms with Crippen molar-refractivity contribution in [1.82, 2.24) is 0 Å². The maximum absolute atomic E-state index is 12.7. The molecule has 0 saturated heterocycles. The molecule has 4 nitrogen and oxygen atoms in total. The Kier molecular flexibility index (Phi) is 4.49. The van der Waals surface area contributed by atoms with Crippen LogP contribution in [0.15, 0.2) is 22.9 Å². The third-order valence-electron chi connectivity index (χ3n) is 2.90. The van der Waals surface area contributed by atoms with Crippen LogP contribution in [0.1, 0.15) is 18.7 Å². The maximum atomic E-state index is 12.7. The van der Waals surface area contributed by atoms with E-state index in [1.165, 1.54) is 17.4 Å². The molecule has 2 heterocycles. The topological polar surface area (TPSA) is 41.9 Å². The smallest absolute Gasteiger partial charge is 0.364 e. The number of nitrogens with zero attached hydrogens (tertiary/aromatic N) is 2. The second-order valence-electron chi connectivity index (χ2n) is 4.06. The fourth-order valence-corrected chi connectivity index (χ4v) is 2.93. The van der Waals surface area contributed by atoms with Crippen molar-refractivity contribution in [3.05, 3.63) is 22.6 Å². The number of carbonyl (C=O) groups excluding carboxylic acids is 1. The van der Waals surface area contributed by atoms with Gasteiger partial charge in [0.1, 0.15) is 0 Å². The van der Waals surface area contributed by atoms with Crippen LogP contribution in [0.2, 0.25) is 0 Å². The Morgan fingerprint density at radius 3 is 2.70 bits per heavy atom. The molecule has 0 atom stereocenters. The molecule has 20 heavy (non-hydrogen) atoms. The summed E-state index contributed by atoms with van der Waals surface area (Å²) in [5.74, 6) is -0.835. The molecular formula is C13H14F2N2O2S. The van der Waals surface area contributed by atoms with Crippen molar-refractivity contribution in [3.63, 3.8) is 0 Å². The lowest BCUT2D eigenvalue weighted by Crippen LogP contribution is -2.20. The molecule has 2 rings (SSSR count). The maximum Gasteiger partial charge on any atom is 0.367 e. The molecule has 108 valence electrons. The number of halogens is 2. The molecule has 1 aromatic rings. The van der Waals surface area contributed by atoms with Crippen LogP contribution < -0.4 is 4.90 Å². The fourth-order valence-electron chi connectivity index (χ4n) is 1.85. The Bertz CT molecular complexity index is 562. The number of anilines is 1. The molecule has 1 aliphatic rings. The first-order valence-corrected chi connectivity index (χ1v) is 7.02. The SMILES string of the molecule is CCN(CC)c1ccc(C=C2C(=O)ON=C2C(F)F)s1. The van der Waals surface area contributed by atoms with Gasteiger partial charge in [-0.25, -0.2) is 13.6 Å². The van der Waals surface area contributed by atoms with Gasteiger partial charge < -0.3 is 9.74 Å². The molecule has 0 N–H and O–H groups in total. The normalized spacial score (nSPS) is 16.8. The highest BCUT2D eigenvalue weighted by Crippen LogP contribution is 2.29. The molecule has 0 spiro atoms. The number of hydrogen-bond acceptors (Lipinski definition) is 5. The summed E-state index contributed by atoms with van der Waals surface area (Å²) in [5.41, 5.74) is -0.777. The zero-order valence-electron chi connectivity index (χ0n) is 11.1. The Morgan fingerprint density at radius 2 is 2.10 bits per heavy atom. The summed E-state index contributed by atoms with van der Waals surface area (Å²) in [7, 11) is 0. The summed E-state index contributed by atoms with van der Waals surface area (Å²) in [6, 6.07) is 3.70. The molecule has 0 bridgehead atoms. The number of oxime groups is 1. The van der Waals surface area contributed by atoms with Crippen molar-refractivity contribution in [2.45, 2.75) is 20.3 Å². The molecule has 0 radical (unpaired) electrons. The van der Waals surface area contributed by atoms with Gasteiger partial charge in [-0.05, 0) is 32.1 Å². The van der Waals surface area contributed by atoms with Gasteiger partial charge in [-0.15, -0.1) is 11.3 Å². The van der Waals surface area contributed by atoms with Gasteiger partial charge in [-0.3, -0.25) is 0 Å². The van der Waals surface area contributed by atoms with Crippen molar-refractivity contribution in [1.29, 1.82) is 0 Å². The van der Waals surface area contributed by atoms with Gasteiger partial charge in [0, 0.05) is 18.0 Å². The average Bonchev–Trinajstić information content (AvgIpc) is 3.00. The number of carbonyl (C=O) groups is 1. The Labute approximate surface area is 119 Å². The van der Waals surface area contributed by atoms with E-state index in [2.05, 4.69) is 14.9 Å². The number of thiophene rings is 1. The van der Waals surface area contributed by atoms with E-state index >= 15 is 0 Å². The second-order valence-corrected chi connectivity index (χ2v) is 5.16. The summed E-state index contributed by atoms with van der Waals surface area (Å²) in [6.07, 6.45) is -1.42. The van der Waals surface area contributed by atoms with Gasteiger partial charge in [0.05, 0.1) is 10.6 Å².